The summed E-state index contributed by atoms with van der Waals surface area (Å²) in [5, 5.41) is 31.1. The van der Waals surface area contributed by atoms with Crippen molar-refractivity contribution >= 4 is 5.97 Å². The van der Waals surface area contributed by atoms with E-state index in [1.165, 1.54) is 18.1 Å². The normalized spacial score (nSPS) is 40.3. The third-order valence-electron chi connectivity index (χ3n) is 8.46. The lowest BCUT2D eigenvalue weighted by Gasteiger charge is -2.54. The Morgan fingerprint density at radius 2 is 1.97 bits per heavy atom. The molecule has 0 radical (unpaired) electrons. The fourth-order valence-corrected chi connectivity index (χ4v) is 6.47. The summed E-state index contributed by atoms with van der Waals surface area (Å²) >= 11 is 0. The van der Waals surface area contributed by atoms with E-state index in [4.69, 9.17) is 14.2 Å². The van der Waals surface area contributed by atoms with Gasteiger partial charge in [0.15, 0.2) is 12.4 Å². The zero-order valence-electron chi connectivity index (χ0n) is 22.3. The number of hydrogen-bond acceptors (Lipinski definition) is 7. The summed E-state index contributed by atoms with van der Waals surface area (Å²) in [7, 11) is 0. The summed E-state index contributed by atoms with van der Waals surface area (Å²) < 4.78 is 17.5. The van der Waals surface area contributed by atoms with Crippen LogP contribution in [0.15, 0.2) is 23.3 Å². The predicted octanol–water partition coefficient (Wildman–Crippen LogP) is 3.90. The first kappa shape index (κ1) is 28.3. The third-order valence-corrected chi connectivity index (χ3v) is 8.46. The van der Waals surface area contributed by atoms with Gasteiger partial charge in [0.1, 0.15) is 18.3 Å². The summed E-state index contributed by atoms with van der Waals surface area (Å²) in [5.74, 6) is 1.18. The van der Waals surface area contributed by atoms with Crippen LogP contribution in [0.2, 0.25) is 0 Å². The average Bonchev–Trinajstić information content (AvgIpc) is 2.78. The molecule has 1 aliphatic heterocycles. The standard InChI is InChI=1S/C28H46O7/c1-16(2)8-7-9-18(4)20-12-13-28(6,22-11-10-17(3)14-21(20)22)35-27-25(32)26(33-19(5)30)24(31)23(15-29)34-27/h8,14,18,20-27,29,31-32H,7,9-13,15H2,1-6H3/t18-,20+,21+,22+,23-,24+,25-,26+,27+,28+/m1/s1. The molecule has 7 nitrogen and oxygen atoms in total. The Hall–Kier alpha value is -1.25. The minimum atomic E-state index is -1.35. The lowest BCUT2D eigenvalue weighted by atomic mass is 9.58. The van der Waals surface area contributed by atoms with Crippen LogP contribution in [0.4, 0.5) is 0 Å². The maximum Gasteiger partial charge on any atom is 0.303 e. The first-order valence-corrected chi connectivity index (χ1v) is 13.2. The van der Waals surface area contributed by atoms with Crippen molar-refractivity contribution in [1.82, 2.24) is 0 Å². The summed E-state index contributed by atoms with van der Waals surface area (Å²) in [6.45, 7) is 11.7. The molecule has 2 aliphatic carbocycles. The van der Waals surface area contributed by atoms with Crippen molar-refractivity contribution in [2.24, 2.45) is 23.7 Å². The molecule has 0 aromatic heterocycles. The lowest BCUT2D eigenvalue weighted by Crippen LogP contribution is -2.63. The Kier molecular flexibility index (Phi) is 9.60. The van der Waals surface area contributed by atoms with Gasteiger partial charge in [-0.2, -0.15) is 0 Å². The highest BCUT2D eigenvalue weighted by atomic mass is 16.7. The molecule has 10 atom stereocenters. The van der Waals surface area contributed by atoms with Crippen molar-refractivity contribution in [3.63, 3.8) is 0 Å². The van der Waals surface area contributed by atoms with E-state index in [1.54, 1.807) is 0 Å². The van der Waals surface area contributed by atoms with Gasteiger partial charge in [-0.3, -0.25) is 4.79 Å². The Balaban J connectivity index is 1.79. The Bertz CT molecular complexity index is 788. The van der Waals surface area contributed by atoms with Gasteiger partial charge >= 0.3 is 5.97 Å². The second-order valence-electron chi connectivity index (χ2n) is 11.5. The van der Waals surface area contributed by atoms with Gasteiger partial charge in [-0.25, -0.2) is 0 Å². The zero-order valence-corrected chi connectivity index (χ0v) is 22.3. The molecule has 0 spiro atoms. The van der Waals surface area contributed by atoms with Crippen LogP contribution in [-0.2, 0) is 19.0 Å². The number of aliphatic hydroxyl groups is 3. The highest BCUT2D eigenvalue weighted by Crippen LogP contribution is 2.52. The maximum absolute atomic E-state index is 11.6. The van der Waals surface area contributed by atoms with E-state index in [2.05, 4.69) is 46.8 Å². The molecule has 3 rings (SSSR count). The van der Waals surface area contributed by atoms with Crippen LogP contribution in [0.3, 0.4) is 0 Å². The molecular weight excluding hydrogens is 448 g/mol. The van der Waals surface area contributed by atoms with E-state index in [9.17, 15) is 20.1 Å². The molecule has 7 heteroatoms. The van der Waals surface area contributed by atoms with Gasteiger partial charge in [0, 0.05) is 6.92 Å². The van der Waals surface area contributed by atoms with E-state index < -0.39 is 48.9 Å². The number of esters is 1. The minimum Gasteiger partial charge on any atom is -0.457 e. The van der Waals surface area contributed by atoms with Gasteiger partial charge in [-0.05, 0) is 89.9 Å². The number of fused-ring (bicyclic) bond motifs is 1. The molecule has 0 aromatic rings. The molecule has 1 heterocycles. The molecule has 3 aliphatic rings. The SMILES string of the molecule is CC(=O)O[C@H]1[C@@H](O)[C@@H](CO)O[C@@H](O[C@@]2(C)CC[C@@H]([C@H](C)CCC=C(C)C)[C@@H]3C=C(C)CC[C@@H]32)[C@@H]1O. The molecule has 35 heavy (non-hydrogen) atoms. The van der Waals surface area contributed by atoms with Crippen molar-refractivity contribution in [2.75, 3.05) is 6.61 Å². The van der Waals surface area contributed by atoms with Gasteiger partial charge in [0.2, 0.25) is 0 Å². The lowest BCUT2D eigenvalue weighted by molar-refractivity contribution is -0.337. The van der Waals surface area contributed by atoms with E-state index in [1.807, 2.05) is 0 Å². The predicted molar refractivity (Wildman–Crippen MR) is 133 cm³/mol. The Morgan fingerprint density at radius 3 is 2.60 bits per heavy atom. The minimum absolute atomic E-state index is 0.262. The number of rotatable bonds is 8. The topological polar surface area (TPSA) is 105 Å². The van der Waals surface area contributed by atoms with Crippen molar-refractivity contribution in [2.45, 2.75) is 116 Å². The second kappa shape index (κ2) is 11.9. The number of carbonyl (C=O) groups excluding carboxylic acids is 1. The van der Waals surface area contributed by atoms with E-state index >= 15 is 0 Å². The highest BCUT2D eigenvalue weighted by molar-refractivity contribution is 5.66. The molecule has 200 valence electrons. The molecule has 2 fully saturated rings. The maximum atomic E-state index is 11.6. The molecule has 0 amide bonds. The number of carbonyl (C=O) groups is 1. The molecule has 0 bridgehead atoms. The van der Waals surface area contributed by atoms with Crippen molar-refractivity contribution in [1.29, 1.82) is 0 Å². The van der Waals surface area contributed by atoms with Crippen LogP contribution in [0.25, 0.3) is 0 Å². The van der Waals surface area contributed by atoms with Crippen LogP contribution in [-0.4, -0.2) is 64.2 Å². The van der Waals surface area contributed by atoms with Gasteiger partial charge in [0.05, 0.1) is 12.2 Å². The zero-order chi connectivity index (χ0) is 25.9. The Labute approximate surface area is 210 Å². The summed E-state index contributed by atoms with van der Waals surface area (Å²) in [5.41, 5.74) is 2.23. The molecule has 1 saturated carbocycles. The van der Waals surface area contributed by atoms with Crippen molar-refractivity contribution < 1.29 is 34.3 Å². The number of aliphatic hydroxyl groups excluding tert-OH is 3. The fourth-order valence-electron chi connectivity index (χ4n) is 6.47. The number of hydrogen-bond donors (Lipinski definition) is 3. The highest BCUT2D eigenvalue weighted by Gasteiger charge is 2.53. The molecule has 3 N–H and O–H groups in total. The van der Waals surface area contributed by atoms with Gasteiger partial charge < -0.3 is 29.5 Å². The van der Waals surface area contributed by atoms with E-state index in [0.717, 1.165) is 38.5 Å². The smallest absolute Gasteiger partial charge is 0.303 e. The second-order valence-corrected chi connectivity index (χ2v) is 11.5. The van der Waals surface area contributed by atoms with Crippen LogP contribution in [0.1, 0.15) is 80.1 Å². The van der Waals surface area contributed by atoms with Crippen LogP contribution in [0.5, 0.6) is 0 Å². The molecule has 0 unspecified atom stereocenters. The average molecular weight is 495 g/mol. The van der Waals surface area contributed by atoms with Crippen LogP contribution < -0.4 is 0 Å². The summed E-state index contributed by atoms with van der Waals surface area (Å²) in [6, 6.07) is 0. The van der Waals surface area contributed by atoms with Crippen LogP contribution >= 0.6 is 0 Å². The largest absolute Gasteiger partial charge is 0.457 e. The Morgan fingerprint density at radius 1 is 1.26 bits per heavy atom. The van der Waals surface area contributed by atoms with Gasteiger partial charge in [-0.15, -0.1) is 0 Å². The first-order valence-electron chi connectivity index (χ1n) is 13.2. The summed E-state index contributed by atoms with van der Waals surface area (Å²) in [4.78, 5) is 11.6. The van der Waals surface area contributed by atoms with Crippen LogP contribution in [0, 0.1) is 23.7 Å². The number of ether oxygens (including phenoxy) is 3. The molecular formula is C28H46O7. The molecule has 1 saturated heterocycles. The van der Waals surface area contributed by atoms with E-state index in [0.29, 0.717) is 17.8 Å². The van der Waals surface area contributed by atoms with E-state index in [-0.39, 0.29) is 5.92 Å². The quantitative estimate of drug-likeness (QED) is 0.347. The molecule has 0 aromatic carbocycles. The first-order chi connectivity index (χ1) is 16.5. The van der Waals surface area contributed by atoms with Gasteiger partial charge in [-0.1, -0.05) is 30.2 Å². The van der Waals surface area contributed by atoms with Crippen molar-refractivity contribution in [3.8, 4) is 0 Å². The number of allylic oxidation sites excluding steroid dienone is 4. The fraction of sp³-hybridized carbons (Fsp3) is 0.821. The van der Waals surface area contributed by atoms with Gasteiger partial charge in [0.25, 0.3) is 0 Å². The van der Waals surface area contributed by atoms with Crippen molar-refractivity contribution in [3.05, 3.63) is 23.3 Å². The monoisotopic (exact) mass is 494 g/mol. The third kappa shape index (κ3) is 6.55. The summed E-state index contributed by atoms with van der Waals surface area (Å²) in [6.07, 6.45) is 4.85.